The number of hydrogen-bond acceptors (Lipinski definition) is 3. The van der Waals surface area contributed by atoms with Crippen molar-refractivity contribution in [1.29, 1.82) is 0 Å². The maximum absolute atomic E-state index is 11.8. The Labute approximate surface area is 187 Å². The van der Waals surface area contributed by atoms with Gasteiger partial charge in [-0.15, -0.1) is 24.0 Å². The van der Waals surface area contributed by atoms with E-state index in [4.69, 9.17) is 0 Å². The van der Waals surface area contributed by atoms with E-state index in [0.717, 1.165) is 43.3 Å². The molecule has 1 aromatic rings. The minimum absolute atomic E-state index is 0. The molecule has 2 rings (SSSR count). The highest BCUT2D eigenvalue weighted by atomic mass is 127. The number of halogens is 1. The summed E-state index contributed by atoms with van der Waals surface area (Å²) in [5.41, 5.74) is 1.92. The molecule has 0 radical (unpaired) electrons. The number of amides is 1. The van der Waals surface area contributed by atoms with Gasteiger partial charge in [-0.25, -0.2) is 4.99 Å². The Morgan fingerprint density at radius 3 is 2.64 bits per heavy atom. The smallest absolute Gasteiger partial charge is 0.224 e. The number of carbonyl (C=O) groups is 1. The van der Waals surface area contributed by atoms with Crippen LogP contribution in [-0.4, -0.2) is 49.5 Å². The highest BCUT2D eigenvalue weighted by Crippen LogP contribution is 2.12. The Balaban J connectivity index is 0.00000392. The topological polar surface area (TPSA) is 68.8 Å². The van der Waals surface area contributed by atoms with E-state index in [1.165, 1.54) is 32.4 Å². The minimum atomic E-state index is 0. The molecule has 7 heteroatoms. The molecule has 0 unspecified atom stereocenters. The summed E-state index contributed by atoms with van der Waals surface area (Å²) >= 11 is 0. The van der Waals surface area contributed by atoms with Gasteiger partial charge in [0.15, 0.2) is 5.96 Å². The Kier molecular flexibility index (Phi) is 12.9. The van der Waals surface area contributed by atoms with Gasteiger partial charge in [0.25, 0.3) is 0 Å². The molecule has 0 atom stereocenters. The summed E-state index contributed by atoms with van der Waals surface area (Å²) in [6.07, 6.45) is 5.41. The monoisotopic (exact) mass is 501 g/mol. The molecule has 158 valence electrons. The zero-order valence-corrected chi connectivity index (χ0v) is 19.6. The fourth-order valence-electron chi connectivity index (χ4n) is 3.23. The molecule has 0 aliphatic carbocycles. The fourth-order valence-corrected chi connectivity index (χ4v) is 3.23. The fraction of sp³-hybridized carbons (Fsp3) is 0.619. The maximum Gasteiger partial charge on any atom is 0.224 e. The van der Waals surface area contributed by atoms with Crippen LogP contribution in [-0.2, 0) is 11.3 Å². The number of rotatable bonds is 9. The third-order valence-corrected chi connectivity index (χ3v) is 4.62. The first-order chi connectivity index (χ1) is 13.2. The van der Waals surface area contributed by atoms with E-state index in [2.05, 4.69) is 32.8 Å². The van der Waals surface area contributed by atoms with Crippen LogP contribution in [0.1, 0.15) is 51.5 Å². The number of nitrogens with one attached hydrogen (secondary N) is 3. The molecule has 3 N–H and O–H groups in total. The quantitative estimate of drug-likeness (QED) is 0.275. The molecule has 0 bridgehead atoms. The summed E-state index contributed by atoms with van der Waals surface area (Å²) in [6.45, 7) is 9.89. The van der Waals surface area contributed by atoms with Crippen LogP contribution >= 0.6 is 24.0 Å². The molecule has 1 heterocycles. The Bertz CT molecular complexity index is 602. The molecule has 0 saturated carbocycles. The lowest BCUT2D eigenvalue weighted by Crippen LogP contribution is -2.42. The van der Waals surface area contributed by atoms with Crippen LogP contribution in [0.4, 0.5) is 5.69 Å². The van der Waals surface area contributed by atoms with E-state index in [1.807, 2.05) is 31.2 Å². The first-order valence-corrected chi connectivity index (χ1v) is 10.3. The summed E-state index contributed by atoms with van der Waals surface area (Å²) in [5.74, 6) is 0.904. The third-order valence-electron chi connectivity index (χ3n) is 4.62. The van der Waals surface area contributed by atoms with Gasteiger partial charge in [-0.05, 0) is 57.0 Å². The zero-order valence-electron chi connectivity index (χ0n) is 17.3. The Morgan fingerprint density at radius 2 is 1.93 bits per heavy atom. The second-order valence-corrected chi connectivity index (χ2v) is 7.02. The molecule has 1 fully saturated rings. The van der Waals surface area contributed by atoms with Gasteiger partial charge in [-0.3, -0.25) is 4.79 Å². The number of aliphatic imine (C=N–C) groups is 1. The standard InChI is InChI=1S/C21H35N5O.HI/c1-3-9-20(27)25-19-11-8-10-18(16-19)17-24-21(22-4-2)23-12-15-26-13-6-5-7-14-26;/h8,10-11,16H,3-7,9,12-15,17H2,1-2H3,(H,25,27)(H2,22,23,24);1H. The van der Waals surface area contributed by atoms with Crippen LogP contribution in [0.5, 0.6) is 0 Å². The van der Waals surface area contributed by atoms with Crippen molar-refractivity contribution >= 4 is 41.5 Å². The molecule has 1 aliphatic rings. The van der Waals surface area contributed by atoms with Crippen LogP contribution in [0.3, 0.4) is 0 Å². The van der Waals surface area contributed by atoms with Crippen molar-refractivity contribution in [3.63, 3.8) is 0 Å². The van der Waals surface area contributed by atoms with Crippen molar-refractivity contribution in [2.75, 3.05) is 38.0 Å². The SMILES string of the molecule is CCCC(=O)Nc1cccc(CN=C(NCC)NCCN2CCCCC2)c1.I. The van der Waals surface area contributed by atoms with Gasteiger partial charge >= 0.3 is 0 Å². The number of nitrogens with zero attached hydrogens (tertiary/aromatic N) is 2. The van der Waals surface area contributed by atoms with Crippen molar-refractivity contribution in [2.24, 2.45) is 4.99 Å². The summed E-state index contributed by atoms with van der Waals surface area (Å²) in [7, 11) is 0. The number of hydrogen-bond donors (Lipinski definition) is 3. The van der Waals surface area contributed by atoms with Crippen LogP contribution in [0.15, 0.2) is 29.3 Å². The molecule has 1 aromatic carbocycles. The molecule has 28 heavy (non-hydrogen) atoms. The summed E-state index contributed by atoms with van der Waals surface area (Å²) in [4.78, 5) is 19.0. The highest BCUT2D eigenvalue weighted by molar-refractivity contribution is 14.0. The normalized spacial score (nSPS) is 14.9. The average molecular weight is 501 g/mol. The maximum atomic E-state index is 11.8. The van der Waals surface area contributed by atoms with Crippen LogP contribution in [0.25, 0.3) is 0 Å². The Morgan fingerprint density at radius 1 is 1.14 bits per heavy atom. The lowest BCUT2D eigenvalue weighted by Gasteiger charge is -2.26. The molecule has 1 aliphatic heterocycles. The predicted octanol–water partition coefficient (Wildman–Crippen LogP) is 3.58. The van der Waals surface area contributed by atoms with Crippen molar-refractivity contribution in [2.45, 2.75) is 52.5 Å². The first kappa shape index (κ1) is 24.7. The second-order valence-electron chi connectivity index (χ2n) is 7.02. The molecule has 0 aromatic heterocycles. The van der Waals surface area contributed by atoms with Gasteiger partial charge in [0.1, 0.15) is 0 Å². The lowest BCUT2D eigenvalue weighted by molar-refractivity contribution is -0.116. The van der Waals surface area contributed by atoms with Crippen molar-refractivity contribution in [3.8, 4) is 0 Å². The van der Waals surface area contributed by atoms with E-state index in [-0.39, 0.29) is 29.9 Å². The molecule has 0 spiro atoms. The lowest BCUT2D eigenvalue weighted by atomic mass is 10.1. The highest BCUT2D eigenvalue weighted by Gasteiger charge is 2.09. The predicted molar refractivity (Wildman–Crippen MR) is 129 cm³/mol. The number of carbonyl (C=O) groups excluding carboxylic acids is 1. The second kappa shape index (κ2) is 14.6. The largest absolute Gasteiger partial charge is 0.357 e. The minimum Gasteiger partial charge on any atom is -0.357 e. The number of anilines is 1. The van der Waals surface area contributed by atoms with E-state index in [0.29, 0.717) is 13.0 Å². The van der Waals surface area contributed by atoms with E-state index in [9.17, 15) is 4.79 Å². The van der Waals surface area contributed by atoms with Gasteiger partial charge in [-0.1, -0.05) is 25.5 Å². The third kappa shape index (κ3) is 9.73. The summed E-state index contributed by atoms with van der Waals surface area (Å²) < 4.78 is 0. The van der Waals surface area contributed by atoms with Crippen molar-refractivity contribution in [1.82, 2.24) is 15.5 Å². The van der Waals surface area contributed by atoms with Crippen molar-refractivity contribution < 1.29 is 4.79 Å². The molecular formula is C21H36IN5O. The molecule has 1 saturated heterocycles. The Hall–Kier alpha value is -1.35. The number of piperidine rings is 1. The average Bonchev–Trinajstić information content (AvgIpc) is 2.67. The molecular weight excluding hydrogens is 465 g/mol. The van der Waals surface area contributed by atoms with Gasteiger partial charge in [0.2, 0.25) is 5.91 Å². The van der Waals surface area contributed by atoms with E-state index in [1.54, 1.807) is 0 Å². The van der Waals surface area contributed by atoms with E-state index >= 15 is 0 Å². The molecule has 6 nitrogen and oxygen atoms in total. The van der Waals surface area contributed by atoms with Gasteiger partial charge in [0.05, 0.1) is 6.54 Å². The van der Waals surface area contributed by atoms with Crippen LogP contribution in [0, 0.1) is 0 Å². The van der Waals surface area contributed by atoms with Crippen LogP contribution < -0.4 is 16.0 Å². The molecule has 1 amide bonds. The first-order valence-electron chi connectivity index (χ1n) is 10.3. The zero-order chi connectivity index (χ0) is 19.3. The summed E-state index contributed by atoms with van der Waals surface area (Å²) in [5, 5.41) is 9.68. The summed E-state index contributed by atoms with van der Waals surface area (Å²) in [6, 6.07) is 7.91. The van der Waals surface area contributed by atoms with Crippen molar-refractivity contribution in [3.05, 3.63) is 29.8 Å². The number of benzene rings is 1. The van der Waals surface area contributed by atoms with Crippen LogP contribution in [0.2, 0.25) is 0 Å². The number of likely N-dealkylation sites (tertiary alicyclic amines) is 1. The van der Waals surface area contributed by atoms with Gasteiger partial charge in [0, 0.05) is 31.7 Å². The van der Waals surface area contributed by atoms with E-state index < -0.39 is 0 Å². The van der Waals surface area contributed by atoms with Gasteiger partial charge in [-0.2, -0.15) is 0 Å². The van der Waals surface area contributed by atoms with Gasteiger partial charge < -0.3 is 20.9 Å². The number of guanidine groups is 1.